The lowest BCUT2D eigenvalue weighted by Gasteiger charge is -2.18. The van der Waals surface area contributed by atoms with Gasteiger partial charge >= 0.3 is 0 Å². The normalized spacial score (nSPS) is 22.3. The van der Waals surface area contributed by atoms with Crippen LogP contribution in [0.3, 0.4) is 0 Å². The average Bonchev–Trinajstić information content (AvgIpc) is 3.25. The number of nitrogens with one attached hydrogen (secondary N) is 1. The minimum Gasteiger partial charge on any atom is -0.396 e. The fraction of sp³-hybridized carbons (Fsp3) is 0.556. The van der Waals surface area contributed by atoms with Gasteiger partial charge < -0.3 is 15.3 Å². The smallest absolute Gasteiger partial charge is 0.225 e. The number of likely N-dealkylation sites (tertiary alicyclic amines) is 1. The summed E-state index contributed by atoms with van der Waals surface area (Å²) in [5.74, 6) is -0.305. The van der Waals surface area contributed by atoms with Crippen LogP contribution < -0.4 is 5.32 Å². The van der Waals surface area contributed by atoms with Gasteiger partial charge in [-0.25, -0.2) is 0 Å². The van der Waals surface area contributed by atoms with Crippen molar-refractivity contribution < 1.29 is 14.7 Å². The molecule has 23 heavy (non-hydrogen) atoms. The molecular weight excluding hydrogens is 292 g/mol. The van der Waals surface area contributed by atoms with E-state index in [1.807, 2.05) is 31.2 Å². The molecule has 2 N–H and O–H groups in total. The van der Waals surface area contributed by atoms with Crippen molar-refractivity contribution in [3.8, 4) is 0 Å². The van der Waals surface area contributed by atoms with Crippen LogP contribution in [0.2, 0.25) is 0 Å². The Balaban J connectivity index is 1.52. The third-order valence-electron chi connectivity index (χ3n) is 5.01. The number of nitrogens with zero attached hydrogens (tertiary/aromatic N) is 1. The zero-order valence-corrected chi connectivity index (χ0v) is 13.5. The van der Waals surface area contributed by atoms with E-state index in [0.29, 0.717) is 19.6 Å². The molecular formula is C18H24N2O3. The molecule has 0 aromatic heterocycles. The van der Waals surface area contributed by atoms with Gasteiger partial charge in [0.05, 0.1) is 12.5 Å². The lowest BCUT2D eigenvalue weighted by molar-refractivity contribution is -0.129. The van der Waals surface area contributed by atoms with E-state index < -0.39 is 0 Å². The van der Waals surface area contributed by atoms with Crippen LogP contribution >= 0.6 is 0 Å². The molecule has 1 aromatic carbocycles. The third kappa shape index (κ3) is 3.72. The Morgan fingerprint density at radius 1 is 1.35 bits per heavy atom. The number of amides is 2. The van der Waals surface area contributed by atoms with Crippen molar-refractivity contribution in [2.24, 2.45) is 11.3 Å². The maximum absolute atomic E-state index is 12.3. The minimum atomic E-state index is -0.276. The fourth-order valence-electron chi connectivity index (χ4n) is 3.00. The topological polar surface area (TPSA) is 69.6 Å². The summed E-state index contributed by atoms with van der Waals surface area (Å²) in [7, 11) is 0. The summed E-state index contributed by atoms with van der Waals surface area (Å²) in [4.78, 5) is 26.1. The Bertz CT molecular complexity index is 593. The van der Waals surface area contributed by atoms with Gasteiger partial charge in [0.25, 0.3) is 0 Å². The maximum Gasteiger partial charge on any atom is 0.225 e. The number of aryl methyl sites for hydroxylation is 1. The summed E-state index contributed by atoms with van der Waals surface area (Å²) in [6.45, 7) is 3.71. The van der Waals surface area contributed by atoms with Crippen molar-refractivity contribution in [2.75, 3.05) is 19.7 Å². The summed E-state index contributed by atoms with van der Waals surface area (Å²) in [5.41, 5.74) is 2.18. The largest absolute Gasteiger partial charge is 0.396 e. The summed E-state index contributed by atoms with van der Waals surface area (Å²) in [6, 6.07) is 8.11. The summed E-state index contributed by atoms with van der Waals surface area (Å²) < 4.78 is 0. The molecule has 0 spiro atoms. The number of hydrogen-bond donors (Lipinski definition) is 2. The van der Waals surface area contributed by atoms with Crippen molar-refractivity contribution in [1.29, 1.82) is 0 Å². The van der Waals surface area contributed by atoms with Gasteiger partial charge in [-0.1, -0.05) is 29.8 Å². The van der Waals surface area contributed by atoms with E-state index in [4.69, 9.17) is 0 Å². The molecule has 5 nitrogen and oxygen atoms in total. The summed E-state index contributed by atoms with van der Waals surface area (Å²) in [6.07, 6.45) is 2.21. The first-order valence-electron chi connectivity index (χ1n) is 8.23. The first-order valence-corrected chi connectivity index (χ1v) is 8.23. The number of carbonyl (C=O) groups excluding carboxylic acids is 2. The molecule has 1 saturated heterocycles. The SMILES string of the molecule is Cc1ccc(CN2CC(C(=O)NCC3(CO)CC3)CC2=O)cc1. The van der Waals surface area contributed by atoms with Crippen molar-refractivity contribution in [3.05, 3.63) is 35.4 Å². The number of aliphatic hydroxyl groups excluding tert-OH is 1. The Kier molecular flexibility index (Phi) is 4.39. The summed E-state index contributed by atoms with van der Waals surface area (Å²) in [5, 5.41) is 12.2. The Hall–Kier alpha value is -1.88. The molecule has 2 amide bonds. The molecule has 1 heterocycles. The Morgan fingerprint density at radius 3 is 2.65 bits per heavy atom. The zero-order chi connectivity index (χ0) is 16.4. The highest BCUT2D eigenvalue weighted by atomic mass is 16.3. The molecule has 1 aliphatic carbocycles. The first-order chi connectivity index (χ1) is 11.0. The van der Waals surface area contributed by atoms with Crippen LogP contribution in [0, 0.1) is 18.3 Å². The van der Waals surface area contributed by atoms with Crippen molar-refractivity contribution in [1.82, 2.24) is 10.2 Å². The standard InChI is InChI=1S/C18H24N2O3/c1-13-2-4-14(5-3-13)9-20-10-15(8-16(20)22)17(23)19-11-18(12-21)6-7-18/h2-5,15,21H,6-12H2,1H3,(H,19,23). The van der Waals surface area contributed by atoms with E-state index in [0.717, 1.165) is 18.4 Å². The van der Waals surface area contributed by atoms with Gasteiger partial charge in [0, 0.05) is 31.5 Å². The number of carbonyl (C=O) groups is 2. The molecule has 1 saturated carbocycles. The second-order valence-electron chi connectivity index (χ2n) is 7.04. The number of rotatable bonds is 6. The molecule has 3 rings (SSSR count). The fourth-order valence-corrected chi connectivity index (χ4v) is 3.00. The molecule has 0 radical (unpaired) electrons. The van der Waals surface area contributed by atoms with E-state index in [1.165, 1.54) is 5.56 Å². The van der Waals surface area contributed by atoms with Crippen molar-refractivity contribution >= 4 is 11.8 Å². The van der Waals surface area contributed by atoms with Gasteiger partial charge in [0.1, 0.15) is 0 Å². The molecule has 0 bridgehead atoms. The van der Waals surface area contributed by atoms with Crippen LogP contribution in [-0.4, -0.2) is 41.5 Å². The summed E-state index contributed by atoms with van der Waals surface area (Å²) >= 11 is 0. The van der Waals surface area contributed by atoms with Gasteiger partial charge in [0.15, 0.2) is 0 Å². The first kappa shape index (κ1) is 16.0. The number of benzene rings is 1. The molecule has 2 aliphatic rings. The maximum atomic E-state index is 12.3. The second kappa shape index (κ2) is 6.32. The molecule has 1 unspecified atom stereocenters. The van der Waals surface area contributed by atoms with Crippen LogP contribution in [0.4, 0.5) is 0 Å². The van der Waals surface area contributed by atoms with Gasteiger partial charge in [-0.3, -0.25) is 9.59 Å². The van der Waals surface area contributed by atoms with E-state index in [1.54, 1.807) is 4.90 Å². The lowest BCUT2D eigenvalue weighted by atomic mass is 10.1. The minimum absolute atomic E-state index is 0.0361. The highest BCUT2D eigenvalue weighted by Gasteiger charge is 2.43. The highest BCUT2D eigenvalue weighted by molar-refractivity contribution is 5.89. The second-order valence-corrected chi connectivity index (χ2v) is 7.04. The van der Waals surface area contributed by atoms with Crippen molar-refractivity contribution in [2.45, 2.75) is 32.7 Å². The average molecular weight is 316 g/mol. The number of aliphatic hydroxyl groups is 1. The van der Waals surface area contributed by atoms with Crippen LogP contribution in [0.5, 0.6) is 0 Å². The predicted molar refractivity (Wildman–Crippen MR) is 86.5 cm³/mol. The third-order valence-corrected chi connectivity index (χ3v) is 5.01. The van der Waals surface area contributed by atoms with Gasteiger partial charge in [-0.05, 0) is 25.3 Å². The van der Waals surface area contributed by atoms with E-state index in [-0.39, 0.29) is 36.2 Å². The Morgan fingerprint density at radius 2 is 2.04 bits per heavy atom. The van der Waals surface area contributed by atoms with Crippen molar-refractivity contribution in [3.63, 3.8) is 0 Å². The molecule has 1 aromatic rings. The lowest BCUT2D eigenvalue weighted by Crippen LogP contribution is -2.37. The van der Waals surface area contributed by atoms with Crippen LogP contribution in [0.15, 0.2) is 24.3 Å². The monoisotopic (exact) mass is 316 g/mol. The van der Waals surface area contributed by atoms with Crippen LogP contribution in [0.1, 0.15) is 30.4 Å². The molecule has 1 atom stereocenters. The van der Waals surface area contributed by atoms with Crippen LogP contribution in [-0.2, 0) is 16.1 Å². The molecule has 1 aliphatic heterocycles. The molecule has 2 fully saturated rings. The van der Waals surface area contributed by atoms with Gasteiger partial charge in [-0.15, -0.1) is 0 Å². The van der Waals surface area contributed by atoms with E-state index in [9.17, 15) is 14.7 Å². The Labute approximate surface area is 136 Å². The van der Waals surface area contributed by atoms with E-state index in [2.05, 4.69) is 5.32 Å². The van der Waals surface area contributed by atoms with E-state index >= 15 is 0 Å². The zero-order valence-electron chi connectivity index (χ0n) is 13.5. The van der Waals surface area contributed by atoms with Gasteiger partial charge in [0.2, 0.25) is 11.8 Å². The quantitative estimate of drug-likeness (QED) is 0.829. The molecule has 5 heteroatoms. The predicted octanol–water partition coefficient (Wildman–Crippen LogP) is 1.23. The number of hydrogen-bond acceptors (Lipinski definition) is 3. The highest BCUT2D eigenvalue weighted by Crippen LogP contribution is 2.44. The van der Waals surface area contributed by atoms with Crippen LogP contribution in [0.25, 0.3) is 0 Å². The molecule has 124 valence electrons. The van der Waals surface area contributed by atoms with Gasteiger partial charge in [-0.2, -0.15) is 0 Å².